The molecule has 0 radical (unpaired) electrons. The normalized spacial score (nSPS) is 15.0. The lowest BCUT2D eigenvalue weighted by Crippen LogP contribution is -2.39. The van der Waals surface area contributed by atoms with Crippen LogP contribution in [0.5, 0.6) is 0 Å². The molecule has 144 valence electrons. The van der Waals surface area contributed by atoms with Gasteiger partial charge in [0.15, 0.2) is 0 Å². The van der Waals surface area contributed by atoms with E-state index in [4.69, 9.17) is 11.6 Å². The molecule has 0 atom stereocenters. The van der Waals surface area contributed by atoms with Crippen LogP contribution in [-0.2, 0) is 18.4 Å². The molecule has 2 amide bonds. The quantitative estimate of drug-likeness (QED) is 0.822. The number of carbonyl (C=O) groups excluding carboxylic acids is 2. The van der Waals surface area contributed by atoms with Gasteiger partial charge in [-0.25, -0.2) is 0 Å². The second-order valence-electron chi connectivity index (χ2n) is 7.19. The van der Waals surface area contributed by atoms with Gasteiger partial charge in [-0.1, -0.05) is 23.7 Å². The first-order chi connectivity index (χ1) is 13.0. The van der Waals surface area contributed by atoms with E-state index in [0.717, 1.165) is 43.6 Å². The van der Waals surface area contributed by atoms with Crippen LogP contribution < -0.4 is 5.32 Å². The van der Waals surface area contributed by atoms with Crippen molar-refractivity contribution >= 4 is 23.4 Å². The number of hydrogen-bond donors (Lipinski definition) is 1. The van der Waals surface area contributed by atoms with E-state index < -0.39 is 0 Å². The maximum Gasteiger partial charge on any atom is 0.270 e. The first kappa shape index (κ1) is 19.5. The van der Waals surface area contributed by atoms with Gasteiger partial charge in [0.05, 0.1) is 0 Å². The molecule has 2 heterocycles. The average molecular weight is 388 g/mol. The third kappa shape index (κ3) is 5.36. The Balaban J connectivity index is 1.37. The second-order valence-corrected chi connectivity index (χ2v) is 7.62. The average Bonchev–Trinajstić information content (AvgIpc) is 3.10. The summed E-state index contributed by atoms with van der Waals surface area (Å²) in [5, 5.41) is 3.63. The summed E-state index contributed by atoms with van der Waals surface area (Å²) in [5.74, 6) is 0.664. The number of aromatic nitrogens is 1. The van der Waals surface area contributed by atoms with E-state index in [9.17, 15) is 9.59 Å². The summed E-state index contributed by atoms with van der Waals surface area (Å²) in [5.41, 5.74) is 1.73. The lowest BCUT2D eigenvalue weighted by molar-refractivity contribution is -0.121. The van der Waals surface area contributed by atoms with E-state index >= 15 is 0 Å². The monoisotopic (exact) mass is 387 g/mol. The molecular formula is C21H26ClN3O2. The van der Waals surface area contributed by atoms with Crippen molar-refractivity contribution < 1.29 is 9.59 Å². The summed E-state index contributed by atoms with van der Waals surface area (Å²) >= 11 is 5.96. The summed E-state index contributed by atoms with van der Waals surface area (Å²) in [6.07, 6.45) is 5.20. The van der Waals surface area contributed by atoms with E-state index in [-0.39, 0.29) is 11.8 Å². The summed E-state index contributed by atoms with van der Waals surface area (Å²) in [6, 6.07) is 11.3. The standard InChI is InChI=1S/C21H26ClN3O2/c1-24-11-3-6-19(24)21(27)25-12-9-16(10-13-25)7-8-20(26)23-15-17-4-2-5-18(22)14-17/h2-6,11,14,16H,7-10,12-13,15H2,1H3,(H,23,26). The van der Waals surface area contributed by atoms with Gasteiger partial charge < -0.3 is 14.8 Å². The predicted molar refractivity (Wildman–Crippen MR) is 107 cm³/mol. The van der Waals surface area contributed by atoms with E-state index in [2.05, 4.69) is 5.32 Å². The number of amides is 2. The molecule has 5 nitrogen and oxygen atoms in total. The number of rotatable bonds is 6. The number of piperidine rings is 1. The number of nitrogens with one attached hydrogen (secondary N) is 1. The van der Waals surface area contributed by atoms with Crippen molar-refractivity contribution in [3.05, 3.63) is 58.9 Å². The fourth-order valence-electron chi connectivity index (χ4n) is 3.54. The molecule has 0 aliphatic carbocycles. The van der Waals surface area contributed by atoms with Crippen LogP contribution in [0, 0.1) is 5.92 Å². The Labute approximate surface area is 165 Å². The zero-order valence-corrected chi connectivity index (χ0v) is 16.4. The molecule has 3 rings (SSSR count). The Kier molecular flexibility index (Phi) is 6.56. The van der Waals surface area contributed by atoms with Crippen molar-refractivity contribution in [1.82, 2.24) is 14.8 Å². The van der Waals surface area contributed by atoms with Crippen molar-refractivity contribution in [1.29, 1.82) is 0 Å². The summed E-state index contributed by atoms with van der Waals surface area (Å²) in [4.78, 5) is 26.5. The highest BCUT2D eigenvalue weighted by Crippen LogP contribution is 2.23. The Morgan fingerprint density at radius 1 is 1.19 bits per heavy atom. The van der Waals surface area contributed by atoms with Crippen LogP contribution in [0.3, 0.4) is 0 Å². The lowest BCUT2D eigenvalue weighted by Gasteiger charge is -2.32. The van der Waals surface area contributed by atoms with Crippen LogP contribution in [0.15, 0.2) is 42.6 Å². The molecule has 1 aliphatic heterocycles. The number of nitrogens with zero attached hydrogens (tertiary/aromatic N) is 2. The fraction of sp³-hybridized carbons (Fsp3) is 0.429. The Morgan fingerprint density at radius 2 is 1.96 bits per heavy atom. The zero-order chi connectivity index (χ0) is 19.2. The maximum absolute atomic E-state index is 12.5. The molecule has 0 bridgehead atoms. The number of benzene rings is 1. The van der Waals surface area contributed by atoms with Crippen molar-refractivity contribution in [3.8, 4) is 0 Å². The van der Waals surface area contributed by atoms with Crippen molar-refractivity contribution in [3.63, 3.8) is 0 Å². The van der Waals surface area contributed by atoms with Gasteiger partial charge in [0.2, 0.25) is 5.91 Å². The molecule has 1 aromatic heterocycles. The molecule has 0 unspecified atom stereocenters. The third-order valence-corrected chi connectivity index (χ3v) is 5.46. The van der Waals surface area contributed by atoms with E-state index in [1.807, 2.05) is 59.1 Å². The number of carbonyl (C=O) groups is 2. The van der Waals surface area contributed by atoms with Crippen LogP contribution >= 0.6 is 11.6 Å². The van der Waals surface area contributed by atoms with Gasteiger partial charge in [-0.3, -0.25) is 9.59 Å². The summed E-state index contributed by atoms with van der Waals surface area (Å²) < 4.78 is 1.86. The molecule has 1 fully saturated rings. The van der Waals surface area contributed by atoms with Crippen LogP contribution in [-0.4, -0.2) is 34.4 Å². The molecule has 1 saturated heterocycles. The van der Waals surface area contributed by atoms with Crippen LogP contribution in [0.2, 0.25) is 5.02 Å². The molecule has 0 spiro atoms. The Morgan fingerprint density at radius 3 is 2.63 bits per heavy atom. The molecule has 27 heavy (non-hydrogen) atoms. The Hall–Kier alpha value is -2.27. The first-order valence-electron chi connectivity index (χ1n) is 9.44. The third-order valence-electron chi connectivity index (χ3n) is 5.22. The highest BCUT2D eigenvalue weighted by atomic mass is 35.5. The van der Waals surface area contributed by atoms with Crippen molar-refractivity contribution in [2.24, 2.45) is 13.0 Å². The SMILES string of the molecule is Cn1cccc1C(=O)N1CCC(CCC(=O)NCc2cccc(Cl)c2)CC1. The minimum atomic E-state index is 0.0669. The lowest BCUT2D eigenvalue weighted by atomic mass is 9.92. The highest BCUT2D eigenvalue weighted by Gasteiger charge is 2.25. The smallest absolute Gasteiger partial charge is 0.270 e. The molecule has 1 aromatic carbocycles. The highest BCUT2D eigenvalue weighted by molar-refractivity contribution is 6.30. The number of halogens is 1. The Bertz CT molecular complexity index is 794. The van der Waals surface area contributed by atoms with Gasteiger partial charge in [-0.2, -0.15) is 0 Å². The number of aryl methyl sites for hydroxylation is 1. The van der Waals surface area contributed by atoms with Crippen molar-refractivity contribution in [2.75, 3.05) is 13.1 Å². The summed E-state index contributed by atoms with van der Waals surface area (Å²) in [6.45, 7) is 2.03. The molecule has 1 N–H and O–H groups in total. The van der Waals surface area contributed by atoms with Gasteiger partial charge in [0.1, 0.15) is 5.69 Å². The van der Waals surface area contributed by atoms with Gasteiger partial charge in [0, 0.05) is 44.3 Å². The fourth-order valence-corrected chi connectivity index (χ4v) is 3.75. The van der Waals surface area contributed by atoms with Crippen LogP contribution in [0.25, 0.3) is 0 Å². The molecule has 6 heteroatoms. The number of hydrogen-bond acceptors (Lipinski definition) is 2. The van der Waals surface area contributed by atoms with Gasteiger partial charge >= 0.3 is 0 Å². The number of likely N-dealkylation sites (tertiary alicyclic amines) is 1. The zero-order valence-electron chi connectivity index (χ0n) is 15.7. The molecule has 2 aromatic rings. The molecule has 0 saturated carbocycles. The molecular weight excluding hydrogens is 362 g/mol. The first-order valence-corrected chi connectivity index (χ1v) is 9.82. The predicted octanol–water partition coefficient (Wildman–Crippen LogP) is 3.63. The van der Waals surface area contributed by atoms with Crippen molar-refractivity contribution in [2.45, 2.75) is 32.2 Å². The van der Waals surface area contributed by atoms with Gasteiger partial charge in [-0.15, -0.1) is 0 Å². The topological polar surface area (TPSA) is 54.3 Å². The summed E-state index contributed by atoms with van der Waals surface area (Å²) in [7, 11) is 1.89. The van der Waals surface area contributed by atoms with Gasteiger partial charge in [0.25, 0.3) is 5.91 Å². The minimum absolute atomic E-state index is 0.0669. The van der Waals surface area contributed by atoms with E-state index in [1.54, 1.807) is 0 Å². The second kappa shape index (κ2) is 9.09. The molecule has 1 aliphatic rings. The maximum atomic E-state index is 12.5. The van der Waals surface area contributed by atoms with Gasteiger partial charge in [-0.05, 0) is 55.0 Å². The van der Waals surface area contributed by atoms with E-state index in [1.165, 1.54) is 0 Å². The van der Waals surface area contributed by atoms with E-state index in [0.29, 0.717) is 23.9 Å². The van der Waals surface area contributed by atoms with Crippen LogP contribution in [0.1, 0.15) is 41.7 Å². The van der Waals surface area contributed by atoms with Crippen LogP contribution in [0.4, 0.5) is 0 Å². The largest absolute Gasteiger partial charge is 0.352 e. The minimum Gasteiger partial charge on any atom is -0.352 e.